The average molecular weight is 525 g/mol. The zero-order valence-electron chi connectivity index (χ0n) is 17.1. The topological polar surface area (TPSA) is 63.5 Å². The Hall–Kier alpha value is -2.41. The van der Waals surface area contributed by atoms with Crippen LogP contribution in [-0.4, -0.2) is 32.1 Å². The van der Waals surface area contributed by atoms with Crippen molar-refractivity contribution in [3.05, 3.63) is 64.7 Å². The van der Waals surface area contributed by atoms with E-state index in [0.29, 0.717) is 17.1 Å². The van der Waals surface area contributed by atoms with Gasteiger partial charge in [0.05, 0.1) is 11.6 Å². The summed E-state index contributed by atoms with van der Waals surface area (Å²) in [5.74, 6) is -0.0448. The number of rotatable bonds is 4. The molecule has 0 radical (unpaired) electrons. The number of halogens is 3. The highest BCUT2D eigenvalue weighted by atomic mass is 127. The Morgan fingerprint density at radius 3 is 2.73 bits per heavy atom. The summed E-state index contributed by atoms with van der Waals surface area (Å²) in [6.07, 6.45) is 2.00. The number of nitriles is 1. The Labute approximate surface area is 193 Å². The van der Waals surface area contributed by atoms with E-state index in [-0.39, 0.29) is 42.4 Å². The molecular weight excluding hydrogens is 499 g/mol. The number of aliphatic imine (C=N–C) groups is 1. The predicted octanol–water partition coefficient (Wildman–Crippen LogP) is 4.10. The smallest absolute Gasteiger partial charge is 0.191 e. The van der Waals surface area contributed by atoms with E-state index < -0.39 is 5.82 Å². The molecule has 5 nitrogen and oxygen atoms in total. The molecule has 0 aromatic heterocycles. The number of aryl methyl sites for hydroxylation is 1. The lowest BCUT2D eigenvalue weighted by Gasteiger charge is -2.36. The standard InChI is InChI=1S/C22H25F2N5.HI/c1-15-10-18(23)7-8-21(15)29-9-3-4-19(14-29)28-22(26-2)27-13-17-6-5-16(12-25)11-20(17)24;/h5-8,10-11,19H,3-4,9,13-14H2,1-2H3,(H2,26,27,28);1H. The average Bonchev–Trinajstić information content (AvgIpc) is 2.72. The fourth-order valence-corrected chi connectivity index (χ4v) is 3.61. The van der Waals surface area contributed by atoms with E-state index in [9.17, 15) is 8.78 Å². The summed E-state index contributed by atoms with van der Waals surface area (Å²) >= 11 is 0. The van der Waals surface area contributed by atoms with Gasteiger partial charge in [-0.2, -0.15) is 5.26 Å². The summed E-state index contributed by atoms with van der Waals surface area (Å²) in [5.41, 5.74) is 2.73. The zero-order valence-corrected chi connectivity index (χ0v) is 19.4. The van der Waals surface area contributed by atoms with Crippen LogP contribution in [0, 0.1) is 29.9 Å². The number of anilines is 1. The molecule has 1 aliphatic heterocycles. The second kappa shape index (κ2) is 11.1. The molecule has 0 amide bonds. The number of benzene rings is 2. The van der Waals surface area contributed by atoms with Crippen LogP contribution in [0.3, 0.4) is 0 Å². The van der Waals surface area contributed by atoms with Gasteiger partial charge in [0, 0.05) is 44.0 Å². The van der Waals surface area contributed by atoms with Crippen molar-refractivity contribution >= 4 is 35.6 Å². The highest BCUT2D eigenvalue weighted by Crippen LogP contribution is 2.24. The minimum absolute atomic E-state index is 0. The molecule has 0 saturated carbocycles. The molecule has 2 aromatic rings. The van der Waals surface area contributed by atoms with Crippen molar-refractivity contribution < 1.29 is 8.78 Å². The maximum absolute atomic E-state index is 14.1. The van der Waals surface area contributed by atoms with Gasteiger partial charge in [-0.3, -0.25) is 4.99 Å². The van der Waals surface area contributed by atoms with Crippen molar-refractivity contribution in [2.75, 3.05) is 25.0 Å². The third kappa shape index (κ3) is 6.05. The Balaban J connectivity index is 0.00000320. The van der Waals surface area contributed by atoms with E-state index in [2.05, 4.69) is 20.5 Å². The molecule has 2 aromatic carbocycles. The predicted molar refractivity (Wildman–Crippen MR) is 126 cm³/mol. The molecule has 2 N–H and O–H groups in total. The number of hydrogen-bond donors (Lipinski definition) is 2. The largest absolute Gasteiger partial charge is 0.369 e. The van der Waals surface area contributed by atoms with Crippen LogP contribution in [0.5, 0.6) is 0 Å². The number of guanidine groups is 1. The van der Waals surface area contributed by atoms with Crippen LogP contribution in [-0.2, 0) is 6.54 Å². The molecule has 1 atom stereocenters. The quantitative estimate of drug-likeness (QED) is 0.359. The van der Waals surface area contributed by atoms with Crippen molar-refractivity contribution in [2.45, 2.75) is 32.4 Å². The first-order valence-corrected chi connectivity index (χ1v) is 9.67. The van der Waals surface area contributed by atoms with Crippen molar-refractivity contribution in [2.24, 2.45) is 4.99 Å². The summed E-state index contributed by atoms with van der Waals surface area (Å²) < 4.78 is 27.5. The van der Waals surface area contributed by atoms with Crippen molar-refractivity contribution in [3.8, 4) is 6.07 Å². The molecule has 1 fully saturated rings. The summed E-state index contributed by atoms with van der Waals surface area (Å²) in [4.78, 5) is 6.49. The second-order valence-electron chi connectivity index (χ2n) is 7.20. The van der Waals surface area contributed by atoms with Crippen molar-refractivity contribution in [1.29, 1.82) is 5.26 Å². The summed E-state index contributed by atoms with van der Waals surface area (Å²) in [7, 11) is 1.68. The molecule has 160 valence electrons. The van der Waals surface area contributed by atoms with Gasteiger partial charge in [-0.1, -0.05) is 6.07 Å². The summed E-state index contributed by atoms with van der Waals surface area (Å²) in [6.45, 7) is 3.89. The van der Waals surface area contributed by atoms with Crippen LogP contribution in [0.4, 0.5) is 14.5 Å². The monoisotopic (exact) mass is 525 g/mol. The van der Waals surface area contributed by atoms with E-state index in [4.69, 9.17) is 5.26 Å². The minimum atomic E-state index is -0.414. The van der Waals surface area contributed by atoms with Crippen LogP contribution >= 0.6 is 24.0 Å². The number of nitrogens with zero attached hydrogens (tertiary/aromatic N) is 3. The zero-order chi connectivity index (χ0) is 20.8. The number of hydrogen-bond acceptors (Lipinski definition) is 3. The highest BCUT2D eigenvalue weighted by molar-refractivity contribution is 14.0. The molecule has 1 saturated heterocycles. The lowest BCUT2D eigenvalue weighted by Crippen LogP contribution is -2.51. The summed E-state index contributed by atoms with van der Waals surface area (Å²) in [6, 6.07) is 11.4. The first-order valence-electron chi connectivity index (χ1n) is 9.67. The fraction of sp³-hybridized carbons (Fsp3) is 0.364. The highest BCUT2D eigenvalue weighted by Gasteiger charge is 2.22. The van der Waals surface area contributed by atoms with Crippen LogP contribution in [0.2, 0.25) is 0 Å². The van der Waals surface area contributed by atoms with Gasteiger partial charge in [0.1, 0.15) is 11.6 Å². The fourth-order valence-electron chi connectivity index (χ4n) is 3.61. The van der Waals surface area contributed by atoms with E-state index >= 15 is 0 Å². The van der Waals surface area contributed by atoms with Gasteiger partial charge in [-0.25, -0.2) is 8.78 Å². The Morgan fingerprint density at radius 1 is 1.27 bits per heavy atom. The molecule has 30 heavy (non-hydrogen) atoms. The van der Waals surface area contributed by atoms with Gasteiger partial charge < -0.3 is 15.5 Å². The molecule has 1 unspecified atom stereocenters. The van der Waals surface area contributed by atoms with Crippen LogP contribution < -0.4 is 15.5 Å². The van der Waals surface area contributed by atoms with Gasteiger partial charge in [0.2, 0.25) is 0 Å². The number of piperidine rings is 1. The van der Waals surface area contributed by atoms with Crippen LogP contribution in [0.15, 0.2) is 41.4 Å². The van der Waals surface area contributed by atoms with Crippen LogP contribution in [0.25, 0.3) is 0 Å². The maximum Gasteiger partial charge on any atom is 0.191 e. The van der Waals surface area contributed by atoms with E-state index in [1.54, 1.807) is 25.2 Å². The lowest BCUT2D eigenvalue weighted by atomic mass is 10.0. The molecule has 1 aliphatic rings. The Morgan fingerprint density at radius 2 is 2.07 bits per heavy atom. The Kier molecular flexibility index (Phi) is 8.84. The third-order valence-electron chi connectivity index (χ3n) is 5.11. The Bertz CT molecular complexity index is 942. The van der Waals surface area contributed by atoms with Crippen molar-refractivity contribution in [3.63, 3.8) is 0 Å². The SMILES string of the molecule is CN=C(NCc1ccc(C#N)cc1F)NC1CCCN(c2ccc(F)cc2C)C1.I. The summed E-state index contributed by atoms with van der Waals surface area (Å²) in [5, 5.41) is 15.4. The molecule has 0 bridgehead atoms. The van der Waals surface area contributed by atoms with Gasteiger partial charge >= 0.3 is 0 Å². The van der Waals surface area contributed by atoms with E-state index in [1.807, 2.05) is 19.1 Å². The first kappa shape index (κ1) is 23.9. The third-order valence-corrected chi connectivity index (χ3v) is 5.11. The molecule has 3 rings (SSSR count). The van der Waals surface area contributed by atoms with Gasteiger partial charge in [-0.15, -0.1) is 24.0 Å². The first-order chi connectivity index (χ1) is 14.0. The molecule has 0 spiro atoms. The lowest BCUT2D eigenvalue weighted by molar-refractivity contribution is 0.467. The van der Waals surface area contributed by atoms with Crippen LogP contribution in [0.1, 0.15) is 29.5 Å². The van der Waals surface area contributed by atoms with Gasteiger partial charge in [0.25, 0.3) is 0 Å². The van der Waals surface area contributed by atoms with E-state index in [1.165, 1.54) is 12.1 Å². The number of nitrogens with one attached hydrogen (secondary N) is 2. The van der Waals surface area contributed by atoms with Gasteiger partial charge in [-0.05, 0) is 55.7 Å². The molecule has 0 aliphatic carbocycles. The van der Waals surface area contributed by atoms with Crippen molar-refractivity contribution in [1.82, 2.24) is 10.6 Å². The molecule has 8 heteroatoms. The van der Waals surface area contributed by atoms with Gasteiger partial charge in [0.15, 0.2) is 5.96 Å². The maximum atomic E-state index is 14.1. The minimum Gasteiger partial charge on any atom is -0.369 e. The normalized spacial score (nSPS) is 16.4. The van der Waals surface area contributed by atoms with E-state index in [0.717, 1.165) is 37.2 Å². The molecular formula is C22H26F2IN5. The molecule has 1 heterocycles. The second-order valence-corrected chi connectivity index (χ2v) is 7.20.